The van der Waals surface area contributed by atoms with Crippen molar-refractivity contribution in [3.8, 4) is 0 Å². The van der Waals surface area contributed by atoms with Crippen molar-refractivity contribution >= 4 is 11.6 Å². The van der Waals surface area contributed by atoms with Crippen molar-refractivity contribution < 1.29 is 4.79 Å². The highest BCUT2D eigenvalue weighted by Gasteiger charge is 2.18. The van der Waals surface area contributed by atoms with Crippen LogP contribution in [0.2, 0.25) is 0 Å². The monoisotopic (exact) mass is 316 g/mol. The summed E-state index contributed by atoms with van der Waals surface area (Å²) in [7, 11) is 0. The van der Waals surface area contributed by atoms with Crippen LogP contribution in [0.3, 0.4) is 0 Å². The average molecular weight is 316 g/mol. The number of piperidine rings is 1. The van der Waals surface area contributed by atoms with Gasteiger partial charge in [-0.1, -0.05) is 19.1 Å². The Labute approximate surface area is 139 Å². The molecular formula is C18H28N4O. The number of benzene rings is 1. The van der Waals surface area contributed by atoms with Crippen LogP contribution in [-0.2, 0) is 11.3 Å². The van der Waals surface area contributed by atoms with E-state index < -0.39 is 0 Å². The summed E-state index contributed by atoms with van der Waals surface area (Å²) in [5.74, 6) is 0.168. The molecule has 2 saturated heterocycles. The zero-order valence-electron chi connectivity index (χ0n) is 14.1. The van der Waals surface area contributed by atoms with Gasteiger partial charge in [0.2, 0.25) is 5.91 Å². The molecule has 0 radical (unpaired) electrons. The minimum atomic E-state index is 0.168. The van der Waals surface area contributed by atoms with Crippen molar-refractivity contribution in [2.45, 2.75) is 32.4 Å². The Kier molecular flexibility index (Phi) is 5.51. The molecule has 0 bridgehead atoms. The summed E-state index contributed by atoms with van der Waals surface area (Å²) in [6, 6.07) is 9.11. The van der Waals surface area contributed by atoms with Crippen LogP contribution in [0.25, 0.3) is 0 Å². The average Bonchev–Trinajstić information content (AvgIpc) is 2.59. The van der Waals surface area contributed by atoms with E-state index in [0.717, 1.165) is 44.8 Å². The lowest BCUT2D eigenvalue weighted by atomic mass is 10.1. The maximum absolute atomic E-state index is 11.2. The number of piperazine rings is 1. The number of anilines is 1. The fourth-order valence-corrected chi connectivity index (χ4v) is 3.32. The van der Waals surface area contributed by atoms with Crippen molar-refractivity contribution in [2.24, 2.45) is 0 Å². The normalized spacial score (nSPS) is 23.5. The molecular weight excluding hydrogens is 288 g/mol. The zero-order valence-corrected chi connectivity index (χ0v) is 14.1. The highest BCUT2D eigenvalue weighted by Crippen LogP contribution is 2.16. The Morgan fingerprint density at radius 2 is 1.83 bits per heavy atom. The van der Waals surface area contributed by atoms with E-state index in [1.807, 2.05) is 0 Å². The number of rotatable bonds is 5. The number of amides is 1. The molecule has 1 amide bonds. The Bertz CT molecular complexity index is 498. The first kappa shape index (κ1) is 16.3. The van der Waals surface area contributed by atoms with E-state index in [2.05, 4.69) is 51.6 Å². The second-order valence-corrected chi connectivity index (χ2v) is 6.59. The Morgan fingerprint density at radius 3 is 2.43 bits per heavy atom. The third-order valence-electron chi connectivity index (χ3n) is 4.91. The molecule has 5 heteroatoms. The van der Waals surface area contributed by atoms with Crippen LogP contribution in [0.15, 0.2) is 24.3 Å². The molecule has 2 N–H and O–H groups in total. The van der Waals surface area contributed by atoms with Crippen LogP contribution in [0, 0.1) is 0 Å². The SMILES string of the molecule is CCN1CCN(Cc2ccc(NC3CCC(=O)NC3)cc2)CC1. The Morgan fingerprint density at radius 1 is 1.13 bits per heavy atom. The predicted molar refractivity (Wildman–Crippen MR) is 93.5 cm³/mol. The molecule has 2 fully saturated rings. The molecule has 3 rings (SSSR count). The first-order chi connectivity index (χ1) is 11.2. The van der Waals surface area contributed by atoms with Crippen molar-refractivity contribution in [1.29, 1.82) is 0 Å². The number of likely N-dealkylation sites (N-methyl/N-ethyl adjacent to an activating group) is 1. The molecule has 126 valence electrons. The van der Waals surface area contributed by atoms with Gasteiger partial charge in [0.15, 0.2) is 0 Å². The van der Waals surface area contributed by atoms with Crippen LogP contribution in [0.5, 0.6) is 0 Å². The number of hydrogen-bond donors (Lipinski definition) is 2. The van der Waals surface area contributed by atoms with Gasteiger partial charge in [-0.3, -0.25) is 9.69 Å². The molecule has 2 heterocycles. The number of carbonyl (C=O) groups is 1. The number of nitrogens with one attached hydrogen (secondary N) is 2. The zero-order chi connectivity index (χ0) is 16.1. The van der Waals surface area contributed by atoms with E-state index in [1.165, 1.54) is 18.7 Å². The fraction of sp³-hybridized carbons (Fsp3) is 0.611. The fourth-order valence-electron chi connectivity index (χ4n) is 3.32. The van der Waals surface area contributed by atoms with Crippen molar-refractivity contribution in [1.82, 2.24) is 15.1 Å². The molecule has 5 nitrogen and oxygen atoms in total. The predicted octanol–water partition coefficient (Wildman–Crippen LogP) is 1.51. The molecule has 0 aliphatic carbocycles. The maximum Gasteiger partial charge on any atom is 0.220 e. The topological polar surface area (TPSA) is 47.6 Å². The number of carbonyl (C=O) groups excluding carboxylic acids is 1. The number of nitrogens with zero attached hydrogens (tertiary/aromatic N) is 2. The summed E-state index contributed by atoms with van der Waals surface area (Å²) in [4.78, 5) is 16.2. The molecule has 0 spiro atoms. The van der Waals surface area contributed by atoms with E-state index >= 15 is 0 Å². The highest BCUT2D eigenvalue weighted by molar-refractivity contribution is 5.77. The van der Waals surface area contributed by atoms with Gasteiger partial charge in [-0.05, 0) is 30.7 Å². The van der Waals surface area contributed by atoms with Crippen LogP contribution >= 0.6 is 0 Å². The number of hydrogen-bond acceptors (Lipinski definition) is 4. The summed E-state index contributed by atoms with van der Waals surface area (Å²) in [6.07, 6.45) is 1.54. The van der Waals surface area contributed by atoms with Gasteiger partial charge in [0.25, 0.3) is 0 Å². The van der Waals surface area contributed by atoms with Crippen molar-refractivity contribution in [2.75, 3.05) is 44.6 Å². The van der Waals surface area contributed by atoms with Crippen molar-refractivity contribution in [3.63, 3.8) is 0 Å². The third kappa shape index (κ3) is 4.69. The molecule has 2 aliphatic heterocycles. The van der Waals surface area contributed by atoms with Gasteiger partial charge in [0.1, 0.15) is 0 Å². The van der Waals surface area contributed by atoms with E-state index in [0.29, 0.717) is 12.5 Å². The van der Waals surface area contributed by atoms with Gasteiger partial charge < -0.3 is 15.5 Å². The first-order valence-electron chi connectivity index (χ1n) is 8.80. The largest absolute Gasteiger partial charge is 0.381 e. The molecule has 1 unspecified atom stereocenters. The highest BCUT2D eigenvalue weighted by atomic mass is 16.1. The maximum atomic E-state index is 11.2. The first-order valence-corrected chi connectivity index (χ1v) is 8.80. The molecule has 23 heavy (non-hydrogen) atoms. The van der Waals surface area contributed by atoms with Gasteiger partial charge in [-0.25, -0.2) is 0 Å². The standard InChI is InChI=1S/C18H28N4O/c1-2-21-9-11-22(12-10-21)14-15-3-5-16(6-4-15)20-17-7-8-18(23)19-13-17/h3-6,17,20H,2,7-14H2,1H3,(H,19,23). The Balaban J connectivity index is 1.46. The van der Waals surface area contributed by atoms with Crippen LogP contribution in [-0.4, -0.2) is 61.0 Å². The van der Waals surface area contributed by atoms with Gasteiger partial charge in [0.05, 0.1) is 0 Å². The van der Waals surface area contributed by atoms with Crippen LogP contribution < -0.4 is 10.6 Å². The quantitative estimate of drug-likeness (QED) is 0.865. The smallest absolute Gasteiger partial charge is 0.220 e. The van der Waals surface area contributed by atoms with E-state index in [9.17, 15) is 4.79 Å². The lowest BCUT2D eigenvalue weighted by Crippen LogP contribution is -2.45. The van der Waals surface area contributed by atoms with E-state index in [4.69, 9.17) is 0 Å². The van der Waals surface area contributed by atoms with Crippen molar-refractivity contribution in [3.05, 3.63) is 29.8 Å². The minimum absolute atomic E-state index is 0.168. The Hall–Kier alpha value is -1.59. The van der Waals surface area contributed by atoms with Gasteiger partial charge in [0, 0.05) is 57.4 Å². The summed E-state index contributed by atoms with van der Waals surface area (Å²) in [6.45, 7) is 9.85. The summed E-state index contributed by atoms with van der Waals surface area (Å²) >= 11 is 0. The molecule has 2 aliphatic rings. The lowest BCUT2D eigenvalue weighted by Gasteiger charge is -2.34. The van der Waals surface area contributed by atoms with Gasteiger partial charge in [-0.2, -0.15) is 0 Å². The summed E-state index contributed by atoms with van der Waals surface area (Å²) in [5.41, 5.74) is 2.52. The minimum Gasteiger partial charge on any atom is -0.381 e. The molecule has 1 aromatic carbocycles. The third-order valence-corrected chi connectivity index (χ3v) is 4.91. The van der Waals surface area contributed by atoms with E-state index in [-0.39, 0.29) is 5.91 Å². The summed E-state index contributed by atoms with van der Waals surface area (Å²) < 4.78 is 0. The summed E-state index contributed by atoms with van der Waals surface area (Å²) in [5, 5.41) is 6.42. The van der Waals surface area contributed by atoms with Gasteiger partial charge in [-0.15, -0.1) is 0 Å². The lowest BCUT2D eigenvalue weighted by molar-refractivity contribution is -0.122. The molecule has 1 atom stereocenters. The van der Waals surface area contributed by atoms with Crippen LogP contribution in [0.1, 0.15) is 25.3 Å². The molecule has 1 aromatic rings. The van der Waals surface area contributed by atoms with Gasteiger partial charge >= 0.3 is 0 Å². The molecule has 0 saturated carbocycles. The van der Waals surface area contributed by atoms with E-state index in [1.54, 1.807) is 0 Å². The van der Waals surface area contributed by atoms with Crippen LogP contribution in [0.4, 0.5) is 5.69 Å². The molecule has 0 aromatic heterocycles. The second kappa shape index (κ2) is 7.79. The second-order valence-electron chi connectivity index (χ2n) is 6.59.